The van der Waals surface area contributed by atoms with Gasteiger partial charge in [-0.15, -0.1) is 0 Å². The van der Waals surface area contributed by atoms with Crippen molar-refractivity contribution in [3.63, 3.8) is 0 Å². The van der Waals surface area contributed by atoms with Crippen molar-refractivity contribution in [3.05, 3.63) is 0 Å². The average Bonchev–Trinajstić information content (AvgIpc) is 3.31. The largest absolute Gasteiger partial charge is 0.756 e. The van der Waals surface area contributed by atoms with E-state index >= 15 is 0 Å². The van der Waals surface area contributed by atoms with E-state index in [1.54, 1.807) is 7.11 Å². The molecule has 0 aliphatic carbocycles. The van der Waals surface area contributed by atoms with Gasteiger partial charge in [0.15, 0.2) is 0 Å². The minimum absolute atomic E-state index is 0.0810. The van der Waals surface area contributed by atoms with Crippen LogP contribution in [0, 0.1) is 0 Å². The highest BCUT2D eigenvalue weighted by molar-refractivity contribution is 7.45. The van der Waals surface area contributed by atoms with Crippen molar-refractivity contribution in [1.29, 1.82) is 0 Å². The first-order valence-corrected chi connectivity index (χ1v) is 16.9. The van der Waals surface area contributed by atoms with Crippen LogP contribution in [0.5, 0.6) is 0 Å². The van der Waals surface area contributed by atoms with Crippen LogP contribution in [0.1, 0.15) is 122 Å². The molecule has 1 aliphatic rings. The van der Waals surface area contributed by atoms with E-state index in [0.717, 1.165) is 24.0 Å². The molecule has 8 heteroatoms. The molecule has 0 bridgehead atoms. The fraction of sp³-hybridized carbons (Fsp3) is 1.00. The van der Waals surface area contributed by atoms with Gasteiger partial charge >= 0.3 is 0 Å². The zero-order chi connectivity index (χ0) is 27.1. The number of unbranched alkanes of at least 4 members (excludes halogenated alkanes) is 15. The molecule has 0 saturated carbocycles. The van der Waals surface area contributed by atoms with Crippen LogP contribution in [0.15, 0.2) is 0 Å². The third kappa shape index (κ3) is 20.5. The summed E-state index contributed by atoms with van der Waals surface area (Å²) < 4.78 is 34.0. The number of hydrogen-bond acceptors (Lipinski definition) is 6. The van der Waals surface area contributed by atoms with Crippen LogP contribution in [0.2, 0.25) is 0 Å². The number of likely N-dealkylation sites (N-methyl/N-ethyl adjacent to an activating group) is 1. The second-order valence-corrected chi connectivity index (χ2v) is 12.7. The highest BCUT2D eigenvalue weighted by Gasteiger charge is 2.27. The fourth-order valence-electron chi connectivity index (χ4n) is 5.06. The fourth-order valence-corrected chi connectivity index (χ4v) is 5.79. The molecule has 0 aromatic rings. The summed E-state index contributed by atoms with van der Waals surface area (Å²) in [6.07, 6.45) is 23.5. The first-order valence-electron chi connectivity index (χ1n) is 15.4. The van der Waals surface area contributed by atoms with Gasteiger partial charge in [0.1, 0.15) is 19.3 Å². The van der Waals surface area contributed by atoms with Crippen LogP contribution < -0.4 is 4.89 Å². The Morgan fingerprint density at radius 2 is 1.22 bits per heavy atom. The summed E-state index contributed by atoms with van der Waals surface area (Å²) in [4.78, 5) is 12.1. The van der Waals surface area contributed by atoms with Crippen LogP contribution >= 0.6 is 7.82 Å². The molecule has 1 heterocycles. The standard InChI is InChI=1S/C29H60NO6P/c1-4-5-6-7-8-9-10-11-12-13-14-15-16-17-18-21-25-34-27-29(33-3)28-36-37(31,32)35-26-24-30(2)22-19-20-23-30/h29H,4-28H2,1-3H3. The molecule has 37 heavy (non-hydrogen) atoms. The predicted molar refractivity (Wildman–Crippen MR) is 151 cm³/mol. The zero-order valence-electron chi connectivity index (χ0n) is 24.6. The number of quaternary nitrogens is 1. The molecule has 1 aliphatic heterocycles. The quantitative estimate of drug-likeness (QED) is 0.0622. The van der Waals surface area contributed by atoms with Gasteiger partial charge in [0, 0.05) is 26.6 Å². The van der Waals surface area contributed by atoms with Crippen LogP contribution in [0.4, 0.5) is 0 Å². The molecule has 222 valence electrons. The SMILES string of the molecule is CCCCCCCCCCCCCCCCCCOCC(COP(=O)([O-])OCC[N+]1(C)CCCC1)OC. The van der Waals surface area contributed by atoms with Crippen molar-refractivity contribution in [3.8, 4) is 0 Å². The van der Waals surface area contributed by atoms with Gasteiger partial charge in [-0.2, -0.15) is 0 Å². The molecule has 1 fully saturated rings. The lowest BCUT2D eigenvalue weighted by Crippen LogP contribution is -2.43. The number of phosphoric ester groups is 1. The molecule has 0 aromatic heterocycles. The smallest absolute Gasteiger partial charge is 0.268 e. The van der Waals surface area contributed by atoms with E-state index in [-0.39, 0.29) is 13.2 Å². The van der Waals surface area contributed by atoms with E-state index in [1.165, 1.54) is 109 Å². The Morgan fingerprint density at radius 1 is 0.730 bits per heavy atom. The average molecular weight is 550 g/mol. The van der Waals surface area contributed by atoms with Gasteiger partial charge in [-0.25, -0.2) is 0 Å². The van der Waals surface area contributed by atoms with Gasteiger partial charge in [0.25, 0.3) is 7.82 Å². The highest BCUT2D eigenvalue weighted by atomic mass is 31.2. The highest BCUT2D eigenvalue weighted by Crippen LogP contribution is 2.38. The van der Waals surface area contributed by atoms with Crippen molar-refractivity contribution in [1.82, 2.24) is 0 Å². The van der Waals surface area contributed by atoms with E-state index < -0.39 is 13.9 Å². The lowest BCUT2D eigenvalue weighted by Gasteiger charge is -2.31. The van der Waals surface area contributed by atoms with Gasteiger partial charge in [-0.1, -0.05) is 103 Å². The maximum absolute atomic E-state index is 12.1. The number of likely N-dealkylation sites (tertiary alicyclic amines) is 1. The molecule has 7 nitrogen and oxygen atoms in total. The first kappa shape index (κ1) is 35.0. The summed E-state index contributed by atoms with van der Waals surface area (Å²) in [6, 6.07) is 0. The third-order valence-electron chi connectivity index (χ3n) is 7.72. The van der Waals surface area contributed by atoms with E-state index in [0.29, 0.717) is 19.8 Å². The minimum Gasteiger partial charge on any atom is -0.756 e. The van der Waals surface area contributed by atoms with Crippen molar-refractivity contribution in [2.24, 2.45) is 0 Å². The molecule has 0 N–H and O–H groups in total. The molecule has 1 rings (SSSR count). The minimum atomic E-state index is -4.32. The van der Waals surface area contributed by atoms with Crippen molar-refractivity contribution >= 4 is 7.82 Å². The van der Waals surface area contributed by atoms with E-state index in [1.807, 2.05) is 0 Å². The second-order valence-electron chi connectivity index (χ2n) is 11.3. The Balaban J connectivity index is 1.88. The molecular weight excluding hydrogens is 489 g/mol. The lowest BCUT2D eigenvalue weighted by atomic mass is 10.0. The number of nitrogens with zero attached hydrogens (tertiary/aromatic N) is 1. The normalized spacial score (nSPS) is 17.7. The summed E-state index contributed by atoms with van der Waals surface area (Å²) >= 11 is 0. The molecule has 0 radical (unpaired) electrons. The number of rotatable bonds is 27. The molecular formula is C29H60NO6P. The third-order valence-corrected chi connectivity index (χ3v) is 8.69. The van der Waals surface area contributed by atoms with Crippen LogP contribution in [0.25, 0.3) is 0 Å². The zero-order valence-corrected chi connectivity index (χ0v) is 25.5. The summed E-state index contributed by atoms with van der Waals surface area (Å²) in [5, 5.41) is 0. The number of phosphoric acid groups is 1. The van der Waals surface area contributed by atoms with Gasteiger partial charge in [-0.05, 0) is 6.42 Å². The Kier molecular flexibility index (Phi) is 21.5. The van der Waals surface area contributed by atoms with E-state index in [4.69, 9.17) is 18.5 Å². The molecule has 2 unspecified atom stereocenters. The Labute approximate surface area is 229 Å². The Morgan fingerprint density at radius 3 is 1.70 bits per heavy atom. The Bertz CT molecular complexity index is 559. The van der Waals surface area contributed by atoms with Gasteiger partial charge in [0.05, 0.1) is 33.4 Å². The second kappa shape index (κ2) is 22.8. The number of hydrogen-bond donors (Lipinski definition) is 0. The monoisotopic (exact) mass is 549 g/mol. The topological polar surface area (TPSA) is 77.1 Å². The van der Waals surface area contributed by atoms with Crippen LogP contribution in [-0.4, -0.2) is 70.8 Å². The van der Waals surface area contributed by atoms with Crippen molar-refractivity contribution < 1.29 is 32.5 Å². The predicted octanol–water partition coefficient (Wildman–Crippen LogP) is 7.02. The first-order chi connectivity index (χ1) is 17.9. The summed E-state index contributed by atoms with van der Waals surface area (Å²) in [6.45, 7) is 6.19. The number of methoxy groups -OCH3 is 1. The Hall–Kier alpha value is -0.0100. The molecule has 0 aromatic carbocycles. The van der Waals surface area contributed by atoms with Gasteiger partial charge < -0.3 is 27.9 Å². The maximum Gasteiger partial charge on any atom is 0.268 e. The maximum atomic E-state index is 12.1. The molecule has 2 atom stereocenters. The summed E-state index contributed by atoms with van der Waals surface area (Å²) in [5.41, 5.74) is 0. The summed E-state index contributed by atoms with van der Waals surface area (Å²) in [7, 11) is -0.634. The number of ether oxygens (including phenoxy) is 2. The van der Waals surface area contributed by atoms with Crippen LogP contribution in [-0.2, 0) is 23.1 Å². The van der Waals surface area contributed by atoms with Crippen LogP contribution in [0.3, 0.4) is 0 Å². The van der Waals surface area contributed by atoms with Crippen molar-refractivity contribution in [2.45, 2.75) is 129 Å². The van der Waals surface area contributed by atoms with E-state index in [2.05, 4.69) is 14.0 Å². The molecule has 1 saturated heterocycles. The van der Waals surface area contributed by atoms with Gasteiger partial charge in [-0.3, -0.25) is 4.57 Å². The van der Waals surface area contributed by atoms with Crippen molar-refractivity contribution in [2.75, 3.05) is 60.2 Å². The summed E-state index contributed by atoms with van der Waals surface area (Å²) in [5.74, 6) is 0. The lowest BCUT2D eigenvalue weighted by molar-refractivity contribution is -0.897. The van der Waals surface area contributed by atoms with Gasteiger partial charge in [0.2, 0.25) is 0 Å². The molecule has 0 spiro atoms. The van der Waals surface area contributed by atoms with E-state index in [9.17, 15) is 9.46 Å². The molecule has 0 amide bonds.